The van der Waals surface area contributed by atoms with Gasteiger partial charge in [0.15, 0.2) is 5.75 Å². The average Bonchev–Trinajstić information content (AvgIpc) is 2.48. The molecule has 7 nitrogen and oxygen atoms in total. The molecule has 7 heteroatoms. The first kappa shape index (κ1) is 15.3. The zero-order valence-electron chi connectivity index (χ0n) is 11.7. The molecule has 1 saturated heterocycles. The summed E-state index contributed by atoms with van der Waals surface area (Å²) in [4.78, 5) is 12.5. The molecule has 0 unspecified atom stereocenters. The van der Waals surface area contributed by atoms with Gasteiger partial charge < -0.3 is 15.5 Å². The van der Waals surface area contributed by atoms with Crippen LogP contribution in [0.3, 0.4) is 0 Å². The van der Waals surface area contributed by atoms with Crippen LogP contribution in [0.25, 0.3) is 0 Å². The van der Waals surface area contributed by atoms with E-state index in [2.05, 4.69) is 16.8 Å². The highest BCUT2D eigenvalue weighted by Crippen LogP contribution is 2.39. The highest BCUT2D eigenvalue weighted by molar-refractivity contribution is 5.57. The largest absolute Gasteiger partial charge is 0.504 e. The second kappa shape index (κ2) is 6.55. The molecule has 1 fully saturated rings. The van der Waals surface area contributed by atoms with Crippen LogP contribution in [0.1, 0.15) is 18.0 Å². The van der Waals surface area contributed by atoms with Crippen molar-refractivity contribution in [3.63, 3.8) is 0 Å². The molecule has 1 aromatic carbocycles. The van der Waals surface area contributed by atoms with Crippen LogP contribution < -0.4 is 5.32 Å². The van der Waals surface area contributed by atoms with E-state index in [0.29, 0.717) is 12.0 Å². The molecule has 114 valence electrons. The summed E-state index contributed by atoms with van der Waals surface area (Å²) in [5, 5.41) is 33.5. The first-order valence-electron chi connectivity index (χ1n) is 6.80. The van der Waals surface area contributed by atoms with Crippen molar-refractivity contribution in [3.8, 4) is 11.5 Å². The molecule has 21 heavy (non-hydrogen) atoms. The van der Waals surface area contributed by atoms with E-state index in [1.165, 1.54) is 12.1 Å². The van der Waals surface area contributed by atoms with Crippen LogP contribution >= 0.6 is 0 Å². The quantitative estimate of drug-likeness (QED) is 0.329. The lowest BCUT2D eigenvalue weighted by Gasteiger charge is -2.34. The number of hydrogen-bond acceptors (Lipinski definition) is 6. The van der Waals surface area contributed by atoms with Crippen molar-refractivity contribution in [2.24, 2.45) is 0 Å². The van der Waals surface area contributed by atoms with Crippen molar-refractivity contribution in [1.29, 1.82) is 0 Å². The van der Waals surface area contributed by atoms with Gasteiger partial charge in [-0.25, -0.2) is 0 Å². The number of hydrogen-bond donors (Lipinski definition) is 3. The number of aromatic hydroxyl groups is 2. The second-order valence-electron chi connectivity index (χ2n) is 4.99. The second-order valence-corrected chi connectivity index (χ2v) is 4.99. The fourth-order valence-corrected chi connectivity index (χ4v) is 2.60. The Labute approximate surface area is 122 Å². The molecule has 1 aliphatic heterocycles. The molecule has 0 spiro atoms. The SMILES string of the molecule is C=CC[C@@H](c1cc(O)c(O)c([N+](=O)[O-])c1)N1CCNCC1. The van der Waals surface area contributed by atoms with Gasteiger partial charge >= 0.3 is 5.69 Å². The van der Waals surface area contributed by atoms with Crippen molar-refractivity contribution in [2.75, 3.05) is 26.2 Å². The van der Waals surface area contributed by atoms with Crippen LogP contribution in [0.5, 0.6) is 11.5 Å². The van der Waals surface area contributed by atoms with Gasteiger partial charge in [0.25, 0.3) is 0 Å². The molecule has 0 saturated carbocycles. The lowest BCUT2D eigenvalue weighted by Crippen LogP contribution is -2.45. The molecule has 0 amide bonds. The Kier molecular flexibility index (Phi) is 4.77. The highest BCUT2D eigenvalue weighted by atomic mass is 16.6. The Bertz CT molecular complexity index is 541. The fourth-order valence-electron chi connectivity index (χ4n) is 2.60. The van der Waals surface area contributed by atoms with Gasteiger partial charge in [-0.2, -0.15) is 0 Å². The summed E-state index contributed by atoms with van der Waals surface area (Å²) >= 11 is 0. The van der Waals surface area contributed by atoms with Crippen molar-refractivity contribution in [3.05, 3.63) is 40.5 Å². The lowest BCUT2D eigenvalue weighted by molar-refractivity contribution is -0.386. The number of nitrogens with one attached hydrogen (secondary N) is 1. The minimum atomic E-state index is -0.693. The molecule has 1 aliphatic rings. The predicted molar refractivity (Wildman–Crippen MR) is 78.4 cm³/mol. The van der Waals surface area contributed by atoms with E-state index in [1.54, 1.807) is 6.08 Å². The average molecular weight is 293 g/mol. The maximum Gasteiger partial charge on any atom is 0.314 e. The Morgan fingerprint density at radius 1 is 1.43 bits per heavy atom. The molecule has 0 aromatic heterocycles. The van der Waals surface area contributed by atoms with Gasteiger partial charge in [0.05, 0.1) is 4.92 Å². The molecular weight excluding hydrogens is 274 g/mol. The third-order valence-corrected chi connectivity index (χ3v) is 3.66. The maximum absolute atomic E-state index is 11.0. The van der Waals surface area contributed by atoms with Gasteiger partial charge in [0.2, 0.25) is 5.75 Å². The fraction of sp³-hybridized carbons (Fsp3) is 0.429. The Balaban J connectivity index is 2.39. The number of phenols is 2. The maximum atomic E-state index is 11.0. The molecule has 1 atom stereocenters. The van der Waals surface area contributed by atoms with Gasteiger partial charge in [-0.05, 0) is 18.1 Å². The van der Waals surface area contributed by atoms with Crippen molar-refractivity contribution < 1.29 is 15.1 Å². The summed E-state index contributed by atoms with van der Waals surface area (Å²) in [7, 11) is 0. The van der Waals surface area contributed by atoms with Gasteiger partial charge in [-0.3, -0.25) is 15.0 Å². The zero-order chi connectivity index (χ0) is 15.4. The summed E-state index contributed by atoms with van der Waals surface area (Å²) in [6.07, 6.45) is 2.36. The van der Waals surface area contributed by atoms with Crippen LogP contribution in [-0.2, 0) is 0 Å². The van der Waals surface area contributed by atoms with E-state index in [0.717, 1.165) is 26.2 Å². The van der Waals surface area contributed by atoms with Crippen LogP contribution in [0.4, 0.5) is 5.69 Å². The molecule has 0 aliphatic carbocycles. The molecule has 1 heterocycles. The first-order chi connectivity index (χ1) is 10.0. The van der Waals surface area contributed by atoms with Crippen molar-refractivity contribution in [2.45, 2.75) is 12.5 Å². The standard InChI is InChI=1S/C14H19N3O4/c1-2-3-11(16-6-4-15-5-7-16)10-8-12(17(20)21)14(19)13(18)9-10/h2,8-9,11,15,18-19H,1,3-7H2/t11-/m0/s1. The number of nitrogens with zero attached hydrogens (tertiary/aromatic N) is 2. The number of nitro benzene ring substituents is 1. The molecule has 1 aromatic rings. The summed E-state index contributed by atoms with van der Waals surface area (Å²) in [6, 6.07) is 2.61. The van der Waals surface area contributed by atoms with Gasteiger partial charge in [0, 0.05) is 38.3 Å². The Morgan fingerprint density at radius 2 is 2.10 bits per heavy atom. The van der Waals surface area contributed by atoms with E-state index >= 15 is 0 Å². The van der Waals surface area contributed by atoms with Crippen LogP contribution in [0.2, 0.25) is 0 Å². The third-order valence-electron chi connectivity index (χ3n) is 3.66. The van der Waals surface area contributed by atoms with Crippen LogP contribution in [-0.4, -0.2) is 46.2 Å². The molecule has 2 rings (SSSR count). The van der Waals surface area contributed by atoms with Crippen LogP contribution in [0, 0.1) is 10.1 Å². The molecule has 0 bridgehead atoms. The van der Waals surface area contributed by atoms with E-state index in [9.17, 15) is 20.3 Å². The summed E-state index contributed by atoms with van der Waals surface area (Å²) in [5.74, 6) is -1.16. The zero-order valence-corrected chi connectivity index (χ0v) is 11.7. The summed E-state index contributed by atoms with van der Waals surface area (Å²) < 4.78 is 0. The predicted octanol–water partition coefficient (Wildman–Crippen LogP) is 1.53. The number of piperazine rings is 1. The minimum Gasteiger partial charge on any atom is -0.504 e. The van der Waals surface area contributed by atoms with Gasteiger partial charge in [-0.15, -0.1) is 6.58 Å². The number of nitro groups is 1. The molecule has 3 N–H and O–H groups in total. The Morgan fingerprint density at radius 3 is 2.67 bits per heavy atom. The topological polar surface area (TPSA) is 98.9 Å². The van der Waals surface area contributed by atoms with E-state index < -0.39 is 22.1 Å². The van der Waals surface area contributed by atoms with E-state index in [1.807, 2.05) is 0 Å². The van der Waals surface area contributed by atoms with E-state index in [4.69, 9.17) is 0 Å². The lowest BCUT2D eigenvalue weighted by atomic mass is 9.99. The summed E-state index contributed by atoms with van der Waals surface area (Å²) in [5.41, 5.74) is 0.132. The van der Waals surface area contributed by atoms with Crippen molar-refractivity contribution in [1.82, 2.24) is 10.2 Å². The number of benzene rings is 1. The third kappa shape index (κ3) is 3.32. The smallest absolute Gasteiger partial charge is 0.314 e. The highest BCUT2D eigenvalue weighted by Gasteiger charge is 2.26. The van der Waals surface area contributed by atoms with Crippen LogP contribution in [0.15, 0.2) is 24.8 Å². The minimum absolute atomic E-state index is 0.102. The first-order valence-corrected chi connectivity index (χ1v) is 6.80. The number of rotatable bonds is 5. The van der Waals surface area contributed by atoms with Crippen molar-refractivity contribution >= 4 is 5.69 Å². The van der Waals surface area contributed by atoms with E-state index in [-0.39, 0.29) is 6.04 Å². The Hall–Kier alpha value is -2.12. The molecular formula is C14H19N3O4. The molecule has 0 radical (unpaired) electrons. The summed E-state index contributed by atoms with van der Waals surface area (Å²) in [6.45, 7) is 7.05. The normalized spacial score (nSPS) is 17.3. The monoisotopic (exact) mass is 293 g/mol. The van der Waals surface area contributed by atoms with Gasteiger partial charge in [0.1, 0.15) is 0 Å². The number of phenolic OH excluding ortho intramolecular Hbond substituents is 2. The van der Waals surface area contributed by atoms with Gasteiger partial charge in [-0.1, -0.05) is 6.08 Å².